The minimum absolute atomic E-state index is 0.122. The van der Waals surface area contributed by atoms with Crippen molar-refractivity contribution in [3.8, 4) is 16.3 Å². The third-order valence-corrected chi connectivity index (χ3v) is 4.82. The highest BCUT2D eigenvalue weighted by Crippen LogP contribution is 2.35. The van der Waals surface area contributed by atoms with E-state index >= 15 is 0 Å². The number of furan rings is 1. The van der Waals surface area contributed by atoms with Gasteiger partial charge in [-0.3, -0.25) is 4.79 Å². The molecule has 1 N–H and O–H groups in total. The fourth-order valence-electron chi connectivity index (χ4n) is 2.48. The number of fused-ring (bicyclic) bond motifs is 1. The molecule has 0 fully saturated rings. The first-order chi connectivity index (χ1) is 12.8. The van der Waals surface area contributed by atoms with Crippen LogP contribution in [0.5, 0.6) is 5.88 Å². The van der Waals surface area contributed by atoms with Crippen LogP contribution < -0.4 is 10.1 Å². The van der Waals surface area contributed by atoms with Crippen LogP contribution in [-0.2, 0) is 11.3 Å². The van der Waals surface area contributed by atoms with Gasteiger partial charge in [-0.05, 0) is 23.8 Å². The molecule has 7 heteroatoms. The number of amides is 1. The van der Waals surface area contributed by atoms with Crippen molar-refractivity contribution in [1.82, 2.24) is 15.3 Å². The summed E-state index contributed by atoms with van der Waals surface area (Å²) in [5.41, 5.74) is 1.11. The molecule has 6 nitrogen and oxygen atoms in total. The molecule has 3 heterocycles. The number of aromatic nitrogens is 2. The van der Waals surface area contributed by atoms with Crippen LogP contribution in [0.3, 0.4) is 0 Å². The Hall–Kier alpha value is -3.19. The molecular formula is C19H15N3O3S. The second kappa shape index (κ2) is 7.37. The van der Waals surface area contributed by atoms with Crippen molar-refractivity contribution in [2.45, 2.75) is 6.54 Å². The Morgan fingerprint density at radius 2 is 2.04 bits per heavy atom. The highest BCUT2D eigenvalue weighted by molar-refractivity contribution is 7.21. The summed E-state index contributed by atoms with van der Waals surface area (Å²) in [6, 6.07) is 15.6. The third-order valence-electron chi connectivity index (χ3n) is 3.73. The molecule has 4 aromatic rings. The average Bonchev–Trinajstić information content (AvgIpc) is 3.35. The van der Waals surface area contributed by atoms with Gasteiger partial charge in [0, 0.05) is 4.88 Å². The van der Waals surface area contributed by atoms with Crippen molar-refractivity contribution < 1.29 is 13.9 Å². The standard InChI is InChI=1S/C19H15N3O3S/c23-17(20-10-14-7-4-8-24-14)11-25-18-15-9-16(13-5-2-1-3-6-13)26-19(15)22-12-21-18/h1-9,12H,10-11H2,(H,20,23). The van der Waals surface area contributed by atoms with Gasteiger partial charge in [0.1, 0.15) is 16.9 Å². The Kier molecular flexibility index (Phi) is 4.61. The molecule has 1 aromatic carbocycles. The Morgan fingerprint density at radius 3 is 2.85 bits per heavy atom. The summed E-state index contributed by atoms with van der Waals surface area (Å²) in [6.07, 6.45) is 3.01. The molecule has 0 aliphatic carbocycles. The van der Waals surface area contributed by atoms with Crippen LogP contribution in [0.2, 0.25) is 0 Å². The first-order valence-electron chi connectivity index (χ1n) is 8.01. The molecule has 4 rings (SSSR count). The molecule has 0 saturated carbocycles. The minimum atomic E-state index is -0.244. The molecule has 0 atom stereocenters. The number of thiophene rings is 1. The van der Waals surface area contributed by atoms with Crippen LogP contribution in [0.15, 0.2) is 65.5 Å². The minimum Gasteiger partial charge on any atom is -0.467 e. The van der Waals surface area contributed by atoms with Gasteiger partial charge < -0.3 is 14.5 Å². The molecule has 1 amide bonds. The lowest BCUT2D eigenvalue weighted by atomic mass is 10.2. The van der Waals surface area contributed by atoms with Crippen LogP contribution in [0, 0.1) is 0 Å². The highest BCUT2D eigenvalue weighted by Gasteiger charge is 2.12. The highest BCUT2D eigenvalue weighted by atomic mass is 32.1. The molecular weight excluding hydrogens is 350 g/mol. The predicted octanol–water partition coefficient (Wildman–Crippen LogP) is 3.65. The van der Waals surface area contributed by atoms with E-state index in [9.17, 15) is 4.79 Å². The quantitative estimate of drug-likeness (QED) is 0.564. The largest absolute Gasteiger partial charge is 0.467 e. The number of hydrogen-bond acceptors (Lipinski definition) is 6. The maximum absolute atomic E-state index is 12.0. The number of benzene rings is 1. The van der Waals surface area contributed by atoms with Crippen molar-refractivity contribution in [1.29, 1.82) is 0 Å². The maximum Gasteiger partial charge on any atom is 0.258 e. The Bertz CT molecular complexity index is 1010. The number of hydrogen-bond donors (Lipinski definition) is 1. The Balaban J connectivity index is 1.46. The molecule has 0 radical (unpaired) electrons. The third kappa shape index (κ3) is 3.57. The molecule has 0 spiro atoms. The number of carbonyl (C=O) groups excluding carboxylic acids is 1. The number of ether oxygens (including phenoxy) is 1. The number of carbonyl (C=O) groups is 1. The second-order valence-corrected chi connectivity index (χ2v) is 6.55. The van der Waals surface area contributed by atoms with Crippen molar-refractivity contribution in [3.63, 3.8) is 0 Å². The monoisotopic (exact) mass is 365 g/mol. The lowest BCUT2D eigenvalue weighted by Crippen LogP contribution is -2.28. The van der Waals surface area contributed by atoms with E-state index < -0.39 is 0 Å². The van der Waals surface area contributed by atoms with E-state index in [1.165, 1.54) is 6.33 Å². The van der Waals surface area contributed by atoms with E-state index in [4.69, 9.17) is 9.15 Å². The Labute approximate surface area is 153 Å². The molecule has 3 aromatic heterocycles. The fourth-order valence-corrected chi connectivity index (χ4v) is 3.47. The van der Waals surface area contributed by atoms with Gasteiger partial charge in [-0.25, -0.2) is 9.97 Å². The summed E-state index contributed by atoms with van der Waals surface area (Å²) in [4.78, 5) is 22.3. The van der Waals surface area contributed by atoms with Crippen molar-refractivity contribution in [3.05, 3.63) is 66.9 Å². The van der Waals surface area contributed by atoms with E-state index in [1.54, 1.807) is 29.7 Å². The van der Waals surface area contributed by atoms with Gasteiger partial charge in [-0.15, -0.1) is 11.3 Å². The van der Waals surface area contributed by atoms with E-state index in [0.29, 0.717) is 18.2 Å². The SMILES string of the molecule is O=C(COc1ncnc2sc(-c3ccccc3)cc12)NCc1ccco1. The first-order valence-corrected chi connectivity index (χ1v) is 8.83. The second-order valence-electron chi connectivity index (χ2n) is 5.52. The smallest absolute Gasteiger partial charge is 0.258 e. The molecule has 26 heavy (non-hydrogen) atoms. The van der Waals surface area contributed by atoms with Crippen molar-refractivity contribution in [2.75, 3.05) is 6.61 Å². The zero-order valence-electron chi connectivity index (χ0n) is 13.7. The number of nitrogens with zero attached hydrogens (tertiary/aromatic N) is 2. The van der Waals surface area contributed by atoms with Crippen molar-refractivity contribution >= 4 is 27.5 Å². The van der Waals surface area contributed by atoms with Crippen LogP contribution >= 0.6 is 11.3 Å². The van der Waals surface area contributed by atoms with Gasteiger partial charge in [0.25, 0.3) is 5.91 Å². The van der Waals surface area contributed by atoms with Gasteiger partial charge in [0.05, 0.1) is 18.2 Å². The van der Waals surface area contributed by atoms with E-state index in [1.807, 2.05) is 36.4 Å². The van der Waals surface area contributed by atoms with E-state index in [2.05, 4.69) is 15.3 Å². The van der Waals surface area contributed by atoms with Gasteiger partial charge >= 0.3 is 0 Å². The molecule has 0 bridgehead atoms. The molecule has 0 aliphatic rings. The molecule has 0 aliphatic heterocycles. The Morgan fingerprint density at radius 1 is 1.15 bits per heavy atom. The summed E-state index contributed by atoms with van der Waals surface area (Å²) in [7, 11) is 0. The summed E-state index contributed by atoms with van der Waals surface area (Å²) in [5.74, 6) is 0.848. The molecule has 0 unspecified atom stereocenters. The van der Waals surface area contributed by atoms with Gasteiger partial charge in [-0.1, -0.05) is 30.3 Å². The summed E-state index contributed by atoms with van der Waals surface area (Å²) in [6.45, 7) is 0.203. The van der Waals surface area contributed by atoms with Crippen LogP contribution in [-0.4, -0.2) is 22.5 Å². The van der Waals surface area contributed by atoms with Gasteiger partial charge in [-0.2, -0.15) is 0 Å². The zero-order valence-corrected chi connectivity index (χ0v) is 14.5. The van der Waals surface area contributed by atoms with Crippen LogP contribution in [0.25, 0.3) is 20.7 Å². The van der Waals surface area contributed by atoms with E-state index in [-0.39, 0.29) is 12.5 Å². The zero-order chi connectivity index (χ0) is 17.8. The lowest BCUT2D eigenvalue weighted by Gasteiger charge is -2.06. The van der Waals surface area contributed by atoms with Gasteiger partial charge in [0.15, 0.2) is 6.61 Å². The topological polar surface area (TPSA) is 77.2 Å². The molecule has 130 valence electrons. The van der Waals surface area contributed by atoms with Gasteiger partial charge in [0.2, 0.25) is 5.88 Å². The number of rotatable bonds is 6. The van der Waals surface area contributed by atoms with Crippen molar-refractivity contribution in [2.24, 2.45) is 0 Å². The maximum atomic E-state index is 12.0. The number of nitrogens with one attached hydrogen (secondary N) is 1. The van der Waals surface area contributed by atoms with Crippen LogP contribution in [0.4, 0.5) is 0 Å². The fraction of sp³-hybridized carbons (Fsp3) is 0.105. The normalized spacial score (nSPS) is 10.8. The summed E-state index contributed by atoms with van der Waals surface area (Å²) >= 11 is 1.56. The molecule has 0 saturated heterocycles. The summed E-state index contributed by atoms with van der Waals surface area (Å²) < 4.78 is 10.8. The first kappa shape index (κ1) is 16.3. The van der Waals surface area contributed by atoms with E-state index in [0.717, 1.165) is 20.7 Å². The average molecular weight is 365 g/mol. The summed E-state index contributed by atoms with van der Waals surface area (Å²) in [5, 5.41) is 3.54. The van der Waals surface area contributed by atoms with Crippen LogP contribution in [0.1, 0.15) is 5.76 Å². The lowest BCUT2D eigenvalue weighted by molar-refractivity contribution is -0.123. The predicted molar refractivity (Wildman–Crippen MR) is 98.9 cm³/mol.